The van der Waals surface area contributed by atoms with E-state index in [1.807, 2.05) is 18.7 Å². The molecule has 1 aliphatic heterocycles. The highest BCUT2D eigenvalue weighted by Gasteiger charge is 2.20. The Kier molecular flexibility index (Phi) is 7.62. The van der Waals surface area contributed by atoms with Crippen molar-refractivity contribution in [2.24, 2.45) is 11.7 Å². The second kappa shape index (κ2) is 8.72. The maximum atomic E-state index is 11.9. The van der Waals surface area contributed by atoms with Crippen LogP contribution in [0, 0.1) is 5.92 Å². The minimum atomic E-state index is -0.304. The van der Waals surface area contributed by atoms with Crippen molar-refractivity contribution in [2.75, 3.05) is 37.7 Å². The van der Waals surface area contributed by atoms with Gasteiger partial charge in [0.15, 0.2) is 0 Å². The highest BCUT2D eigenvalue weighted by atomic mass is 32.2. The molecule has 1 aliphatic rings. The molecular weight excluding hydrogens is 266 g/mol. The van der Waals surface area contributed by atoms with Crippen molar-refractivity contribution in [2.45, 2.75) is 19.8 Å². The van der Waals surface area contributed by atoms with Crippen LogP contribution in [0.1, 0.15) is 19.8 Å². The first-order chi connectivity index (χ1) is 8.65. The molecule has 0 radical (unpaired) electrons. The number of carbonyl (C=O) groups is 1. The molecule has 0 aliphatic carbocycles. The van der Waals surface area contributed by atoms with Crippen LogP contribution in [0.5, 0.6) is 0 Å². The van der Waals surface area contributed by atoms with E-state index in [4.69, 9.17) is 18.0 Å². The van der Waals surface area contributed by atoms with Crippen molar-refractivity contribution in [3.63, 3.8) is 0 Å². The number of thiocarbonyl (C=S) groups is 1. The fourth-order valence-electron chi connectivity index (χ4n) is 1.98. The monoisotopic (exact) mass is 289 g/mol. The van der Waals surface area contributed by atoms with Crippen molar-refractivity contribution in [1.82, 2.24) is 10.2 Å². The van der Waals surface area contributed by atoms with Crippen molar-refractivity contribution in [3.05, 3.63) is 0 Å². The third kappa shape index (κ3) is 5.54. The van der Waals surface area contributed by atoms with Gasteiger partial charge in [0.05, 0.1) is 10.9 Å². The molecule has 1 fully saturated rings. The van der Waals surface area contributed by atoms with Crippen LogP contribution < -0.4 is 11.1 Å². The van der Waals surface area contributed by atoms with E-state index in [0.717, 1.165) is 32.5 Å². The summed E-state index contributed by atoms with van der Waals surface area (Å²) in [5.41, 5.74) is 5.60. The first-order valence-electron chi connectivity index (χ1n) is 6.52. The number of hydrogen-bond acceptors (Lipinski definition) is 4. The van der Waals surface area contributed by atoms with Crippen molar-refractivity contribution in [3.8, 4) is 0 Å². The quantitative estimate of drug-likeness (QED) is 0.681. The summed E-state index contributed by atoms with van der Waals surface area (Å²) < 4.78 is 0. The summed E-state index contributed by atoms with van der Waals surface area (Å²) in [7, 11) is 0. The molecule has 104 valence electrons. The normalized spacial score (nSPS) is 18.3. The van der Waals surface area contributed by atoms with E-state index < -0.39 is 0 Å². The van der Waals surface area contributed by atoms with Crippen LogP contribution >= 0.6 is 24.0 Å². The van der Waals surface area contributed by atoms with Crippen LogP contribution in [0.4, 0.5) is 0 Å². The van der Waals surface area contributed by atoms with Gasteiger partial charge >= 0.3 is 0 Å². The van der Waals surface area contributed by atoms with E-state index in [-0.39, 0.29) is 11.8 Å². The Balaban J connectivity index is 2.23. The van der Waals surface area contributed by atoms with Gasteiger partial charge in [-0.05, 0) is 6.42 Å². The fourth-order valence-corrected chi connectivity index (χ4v) is 3.18. The van der Waals surface area contributed by atoms with Gasteiger partial charge in [0, 0.05) is 37.7 Å². The molecule has 6 heteroatoms. The Hall–Kier alpha value is -0.330. The Labute approximate surface area is 119 Å². The molecule has 1 atom stereocenters. The van der Waals surface area contributed by atoms with Gasteiger partial charge in [0.2, 0.25) is 5.91 Å². The van der Waals surface area contributed by atoms with Crippen LogP contribution in [-0.2, 0) is 4.79 Å². The predicted octanol–water partition coefficient (Wildman–Crippen LogP) is 0.854. The molecule has 1 amide bonds. The van der Waals surface area contributed by atoms with Crippen LogP contribution in [0.25, 0.3) is 0 Å². The Morgan fingerprint density at radius 1 is 1.50 bits per heavy atom. The topological polar surface area (TPSA) is 58.4 Å². The van der Waals surface area contributed by atoms with E-state index in [1.165, 1.54) is 11.5 Å². The third-order valence-corrected chi connectivity index (χ3v) is 4.30. The van der Waals surface area contributed by atoms with Gasteiger partial charge in [0.25, 0.3) is 0 Å². The average Bonchev–Trinajstić information content (AvgIpc) is 2.36. The standard InChI is InChI=1S/C12H23N3OS2/c1-2-3-10(11(13)17)12(16)14-4-5-15-6-8-18-9-7-15/h10H,2-9H2,1H3,(H2,13,17)(H,14,16). The summed E-state index contributed by atoms with van der Waals surface area (Å²) in [6, 6.07) is 0. The fraction of sp³-hybridized carbons (Fsp3) is 0.833. The number of thioether (sulfide) groups is 1. The lowest BCUT2D eigenvalue weighted by Crippen LogP contribution is -2.43. The largest absolute Gasteiger partial charge is 0.393 e. The molecule has 0 spiro atoms. The lowest BCUT2D eigenvalue weighted by molar-refractivity contribution is -0.123. The average molecular weight is 289 g/mol. The number of nitrogens with one attached hydrogen (secondary N) is 1. The Morgan fingerprint density at radius 3 is 2.72 bits per heavy atom. The summed E-state index contributed by atoms with van der Waals surface area (Å²) in [6.07, 6.45) is 1.65. The minimum absolute atomic E-state index is 0.0178. The molecule has 0 aromatic heterocycles. The molecule has 18 heavy (non-hydrogen) atoms. The summed E-state index contributed by atoms with van der Waals surface area (Å²) in [5.74, 6) is 2.07. The van der Waals surface area contributed by atoms with Crippen LogP contribution in [0.3, 0.4) is 0 Å². The van der Waals surface area contributed by atoms with Gasteiger partial charge in [-0.25, -0.2) is 0 Å². The predicted molar refractivity (Wildman–Crippen MR) is 82.0 cm³/mol. The van der Waals surface area contributed by atoms with Crippen LogP contribution in [-0.4, -0.2) is 53.5 Å². The lowest BCUT2D eigenvalue weighted by atomic mass is 10.0. The Morgan fingerprint density at radius 2 is 2.17 bits per heavy atom. The molecule has 1 rings (SSSR count). The number of carbonyl (C=O) groups excluding carboxylic acids is 1. The van der Waals surface area contributed by atoms with E-state index in [1.54, 1.807) is 0 Å². The van der Waals surface area contributed by atoms with Gasteiger partial charge in [-0.15, -0.1) is 0 Å². The molecule has 0 saturated carbocycles. The Bertz CT molecular complexity index is 280. The molecule has 0 bridgehead atoms. The van der Waals surface area contributed by atoms with E-state index in [0.29, 0.717) is 11.5 Å². The van der Waals surface area contributed by atoms with Gasteiger partial charge < -0.3 is 11.1 Å². The van der Waals surface area contributed by atoms with E-state index in [2.05, 4.69) is 10.2 Å². The zero-order chi connectivity index (χ0) is 13.4. The zero-order valence-corrected chi connectivity index (χ0v) is 12.6. The van der Waals surface area contributed by atoms with E-state index in [9.17, 15) is 4.79 Å². The maximum absolute atomic E-state index is 11.9. The number of nitrogens with zero attached hydrogens (tertiary/aromatic N) is 1. The summed E-state index contributed by atoms with van der Waals surface area (Å²) in [5, 5.41) is 2.94. The maximum Gasteiger partial charge on any atom is 0.229 e. The van der Waals surface area contributed by atoms with E-state index >= 15 is 0 Å². The molecule has 0 aromatic carbocycles. The number of amides is 1. The minimum Gasteiger partial charge on any atom is -0.393 e. The van der Waals surface area contributed by atoms with Crippen LogP contribution in [0.2, 0.25) is 0 Å². The number of rotatable bonds is 7. The zero-order valence-electron chi connectivity index (χ0n) is 11.0. The highest BCUT2D eigenvalue weighted by Crippen LogP contribution is 2.09. The summed E-state index contributed by atoms with van der Waals surface area (Å²) in [6.45, 7) is 5.88. The third-order valence-electron chi connectivity index (χ3n) is 3.07. The van der Waals surface area contributed by atoms with Gasteiger partial charge in [0.1, 0.15) is 0 Å². The molecule has 0 aromatic rings. The van der Waals surface area contributed by atoms with Crippen molar-refractivity contribution >= 4 is 34.9 Å². The summed E-state index contributed by atoms with van der Waals surface area (Å²) >= 11 is 6.93. The summed E-state index contributed by atoms with van der Waals surface area (Å²) in [4.78, 5) is 14.6. The van der Waals surface area contributed by atoms with Crippen molar-refractivity contribution < 1.29 is 4.79 Å². The molecule has 1 unspecified atom stereocenters. The highest BCUT2D eigenvalue weighted by molar-refractivity contribution is 7.99. The molecule has 1 saturated heterocycles. The van der Waals surface area contributed by atoms with Gasteiger partial charge in [-0.2, -0.15) is 11.8 Å². The molecule has 4 nitrogen and oxygen atoms in total. The van der Waals surface area contributed by atoms with Gasteiger partial charge in [-0.1, -0.05) is 25.6 Å². The molecule has 1 heterocycles. The second-order valence-electron chi connectivity index (χ2n) is 4.49. The second-order valence-corrected chi connectivity index (χ2v) is 6.18. The molecule has 3 N–H and O–H groups in total. The van der Waals surface area contributed by atoms with Crippen molar-refractivity contribution in [1.29, 1.82) is 0 Å². The first kappa shape index (κ1) is 15.7. The first-order valence-corrected chi connectivity index (χ1v) is 8.08. The smallest absolute Gasteiger partial charge is 0.229 e. The number of nitrogens with two attached hydrogens (primary N) is 1. The molecular formula is C12H23N3OS2. The SMILES string of the molecule is CCCC(C(=O)NCCN1CCSCC1)C(N)=S. The number of hydrogen-bond donors (Lipinski definition) is 2. The van der Waals surface area contributed by atoms with Gasteiger partial charge in [-0.3, -0.25) is 9.69 Å². The van der Waals surface area contributed by atoms with Crippen LogP contribution in [0.15, 0.2) is 0 Å². The lowest BCUT2D eigenvalue weighted by Gasteiger charge is -2.26.